The van der Waals surface area contributed by atoms with Crippen LogP contribution in [0.15, 0.2) is 42.5 Å². The highest BCUT2D eigenvalue weighted by atomic mass is 35.5. The molecule has 1 heterocycles. The molecule has 0 aromatic heterocycles. The van der Waals surface area contributed by atoms with Crippen LogP contribution in [-0.2, 0) is 20.9 Å². The summed E-state index contributed by atoms with van der Waals surface area (Å²) in [5.74, 6) is -0.904. The number of aliphatic carboxylic acids is 1. The number of piperazine rings is 1. The number of carboxylic acids is 1. The van der Waals surface area contributed by atoms with Crippen LogP contribution in [0.25, 0.3) is 0 Å². The molecule has 4 rings (SSSR count). The number of carbonyl (C=O) groups excluding carboxylic acids is 2. The number of nitrogens with one attached hydrogen (secondary N) is 1. The Kier molecular flexibility index (Phi) is 10.3. The largest absolute Gasteiger partial charge is 0.481 e. The van der Waals surface area contributed by atoms with Crippen molar-refractivity contribution in [2.45, 2.75) is 70.4 Å². The van der Waals surface area contributed by atoms with E-state index in [1.165, 1.54) is 0 Å². The molecule has 0 bridgehead atoms. The number of hydrogen-bond donors (Lipinski definition) is 2. The number of halogens is 2. The molecule has 2 N–H and O–H groups in total. The average Bonchev–Trinajstić information content (AvgIpc) is 3.44. The van der Waals surface area contributed by atoms with Gasteiger partial charge in [-0.25, -0.2) is 0 Å². The molecule has 2 amide bonds. The summed E-state index contributed by atoms with van der Waals surface area (Å²) >= 11 is 13.2. The average molecular weight is 575 g/mol. The van der Waals surface area contributed by atoms with Gasteiger partial charge >= 0.3 is 5.97 Å². The molecule has 1 saturated carbocycles. The van der Waals surface area contributed by atoms with Crippen molar-refractivity contribution in [2.24, 2.45) is 5.92 Å². The fourth-order valence-corrected chi connectivity index (χ4v) is 6.30. The Balaban J connectivity index is 1.39. The van der Waals surface area contributed by atoms with Crippen LogP contribution in [0.3, 0.4) is 0 Å². The smallest absolute Gasteiger partial charge is 0.303 e. The molecule has 2 aliphatic rings. The Morgan fingerprint density at radius 1 is 1.08 bits per heavy atom. The fraction of sp³-hybridized carbons (Fsp3) is 0.500. The predicted octanol–water partition coefficient (Wildman–Crippen LogP) is 6.19. The number of benzene rings is 2. The molecule has 210 valence electrons. The summed E-state index contributed by atoms with van der Waals surface area (Å²) < 4.78 is 0. The van der Waals surface area contributed by atoms with E-state index < -0.39 is 5.97 Å². The Morgan fingerprint density at radius 2 is 1.79 bits per heavy atom. The molecule has 39 heavy (non-hydrogen) atoms. The van der Waals surface area contributed by atoms with Gasteiger partial charge in [0.15, 0.2) is 0 Å². The van der Waals surface area contributed by atoms with Crippen LogP contribution < -0.4 is 5.32 Å². The number of carboxylic acid groups (broad SMARTS) is 1. The fourth-order valence-electron chi connectivity index (χ4n) is 5.84. The molecule has 1 unspecified atom stereocenters. The van der Waals surface area contributed by atoms with Crippen molar-refractivity contribution < 1.29 is 19.5 Å². The third kappa shape index (κ3) is 7.96. The summed E-state index contributed by atoms with van der Waals surface area (Å²) in [6, 6.07) is 13.0. The first kappa shape index (κ1) is 29.4. The highest BCUT2D eigenvalue weighted by Gasteiger charge is 2.33. The van der Waals surface area contributed by atoms with E-state index in [-0.39, 0.29) is 36.6 Å². The van der Waals surface area contributed by atoms with Crippen LogP contribution in [0, 0.1) is 5.92 Å². The highest BCUT2D eigenvalue weighted by Crippen LogP contribution is 2.33. The van der Waals surface area contributed by atoms with E-state index in [4.69, 9.17) is 28.3 Å². The molecule has 0 spiro atoms. The second kappa shape index (κ2) is 13.6. The van der Waals surface area contributed by atoms with Gasteiger partial charge in [0.1, 0.15) is 0 Å². The number of anilines is 1. The van der Waals surface area contributed by atoms with Gasteiger partial charge in [-0.3, -0.25) is 19.3 Å². The quantitative estimate of drug-likeness (QED) is 0.353. The molecule has 2 fully saturated rings. The normalized spacial score (nSPS) is 19.2. The molecule has 9 heteroatoms. The number of nitrogens with zero attached hydrogens (tertiary/aromatic N) is 2. The zero-order chi connectivity index (χ0) is 27.9. The molecule has 0 radical (unpaired) electrons. The van der Waals surface area contributed by atoms with Crippen LogP contribution in [0.2, 0.25) is 10.0 Å². The van der Waals surface area contributed by atoms with Crippen molar-refractivity contribution in [1.29, 1.82) is 0 Å². The van der Waals surface area contributed by atoms with Crippen LogP contribution in [0.5, 0.6) is 0 Å². The van der Waals surface area contributed by atoms with Crippen LogP contribution in [0.1, 0.15) is 68.9 Å². The maximum absolute atomic E-state index is 13.0. The lowest BCUT2D eigenvalue weighted by Gasteiger charge is -2.41. The predicted molar refractivity (Wildman–Crippen MR) is 154 cm³/mol. The summed E-state index contributed by atoms with van der Waals surface area (Å²) in [6.45, 7) is 4.83. The zero-order valence-electron chi connectivity index (χ0n) is 22.4. The molecule has 7 nitrogen and oxygen atoms in total. The maximum atomic E-state index is 13.0. The van der Waals surface area contributed by atoms with Gasteiger partial charge in [0.05, 0.1) is 10.7 Å². The second-order valence-electron chi connectivity index (χ2n) is 10.8. The van der Waals surface area contributed by atoms with Gasteiger partial charge in [-0.15, -0.1) is 0 Å². The first-order valence-electron chi connectivity index (χ1n) is 13.8. The van der Waals surface area contributed by atoms with Crippen molar-refractivity contribution in [3.05, 3.63) is 63.6 Å². The minimum Gasteiger partial charge on any atom is -0.481 e. The van der Waals surface area contributed by atoms with Crippen LogP contribution in [-0.4, -0.2) is 58.4 Å². The summed E-state index contributed by atoms with van der Waals surface area (Å²) in [7, 11) is 0. The summed E-state index contributed by atoms with van der Waals surface area (Å²) in [5.41, 5.74) is 2.18. The van der Waals surface area contributed by atoms with Gasteiger partial charge in [0.25, 0.3) is 0 Å². The molecule has 2 aromatic rings. The maximum Gasteiger partial charge on any atom is 0.303 e. The Morgan fingerprint density at radius 3 is 2.46 bits per heavy atom. The van der Waals surface area contributed by atoms with Gasteiger partial charge in [-0.1, -0.05) is 66.4 Å². The van der Waals surface area contributed by atoms with Crippen LogP contribution in [0.4, 0.5) is 5.69 Å². The van der Waals surface area contributed by atoms with Crippen molar-refractivity contribution in [3.8, 4) is 0 Å². The number of rotatable bonds is 10. The SMILES string of the molecule is C[C@H]1CN(Cc2cc(Cl)cc(NC(=O)CC(CCC(=O)O)c3ccccc3)c2Cl)CCN1C(=O)C1CCCC1. The highest BCUT2D eigenvalue weighted by molar-refractivity contribution is 6.36. The molecular formula is C30H37Cl2N3O4. The van der Waals surface area contributed by atoms with Gasteiger partial charge in [-0.2, -0.15) is 0 Å². The summed E-state index contributed by atoms with van der Waals surface area (Å²) in [5, 5.41) is 13.0. The Hall–Kier alpha value is -2.61. The van der Waals surface area contributed by atoms with Gasteiger partial charge in [0.2, 0.25) is 11.8 Å². The van der Waals surface area contributed by atoms with Gasteiger partial charge < -0.3 is 15.3 Å². The van der Waals surface area contributed by atoms with Crippen molar-refractivity contribution >= 4 is 46.7 Å². The van der Waals surface area contributed by atoms with Gasteiger partial charge in [-0.05, 0) is 55.4 Å². The molecule has 1 saturated heterocycles. The van der Waals surface area contributed by atoms with E-state index in [1.54, 1.807) is 6.07 Å². The number of amides is 2. The molecule has 1 aliphatic carbocycles. The first-order chi connectivity index (χ1) is 18.7. The monoisotopic (exact) mass is 573 g/mol. The van der Waals surface area contributed by atoms with E-state index in [9.17, 15) is 14.4 Å². The lowest BCUT2D eigenvalue weighted by Crippen LogP contribution is -2.54. The number of carbonyl (C=O) groups is 3. The van der Waals surface area contributed by atoms with E-state index in [0.29, 0.717) is 41.2 Å². The third-order valence-electron chi connectivity index (χ3n) is 7.89. The topological polar surface area (TPSA) is 89.9 Å². The zero-order valence-corrected chi connectivity index (χ0v) is 23.9. The van der Waals surface area contributed by atoms with E-state index >= 15 is 0 Å². The number of hydrogen-bond acceptors (Lipinski definition) is 4. The minimum absolute atomic E-state index is 0.0210. The Labute approximate surface area is 240 Å². The summed E-state index contributed by atoms with van der Waals surface area (Å²) in [4.78, 5) is 41.5. The van der Waals surface area contributed by atoms with Gasteiger partial charge in [0, 0.05) is 56.0 Å². The second-order valence-corrected chi connectivity index (χ2v) is 11.6. The third-order valence-corrected chi connectivity index (χ3v) is 8.55. The molecule has 2 aromatic carbocycles. The van der Waals surface area contributed by atoms with Crippen molar-refractivity contribution in [1.82, 2.24) is 9.80 Å². The lowest BCUT2D eigenvalue weighted by molar-refractivity contribution is -0.140. The molecular weight excluding hydrogens is 537 g/mol. The summed E-state index contributed by atoms with van der Waals surface area (Å²) in [6.07, 6.45) is 4.76. The van der Waals surface area contributed by atoms with Crippen molar-refractivity contribution in [3.63, 3.8) is 0 Å². The van der Waals surface area contributed by atoms with Crippen molar-refractivity contribution in [2.75, 3.05) is 25.0 Å². The first-order valence-corrected chi connectivity index (χ1v) is 14.5. The minimum atomic E-state index is -0.892. The Bertz CT molecular complexity index is 1170. The van der Waals surface area contributed by atoms with E-state index in [1.807, 2.05) is 41.3 Å². The lowest BCUT2D eigenvalue weighted by atomic mass is 9.91. The van der Waals surface area contributed by atoms with Crippen LogP contribution >= 0.6 is 23.2 Å². The molecule has 1 aliphatic heterocycles. The van der Waals surface area contributed by atoms with E-state index in [0.717, 1.165) is 49.9 Å². The van der Waals surface area contributed by atoms with E-state index in [2.05, 4.69) is 17.1 Å². The standard InChI is InChI=1S/C30H37Cl2N3O4/c1-20-18-34(13-14-35(20)30(39)22-9-5-6-10-22)19-24-15-25(31)17-26(29(24)32)33-27(36)16-23(11-12-28(37)38)21-7-3-2-4-8-21/h2-4,7-8,15,17,20,22-23H,5-6,9-14,16,18-19H2,1H3,(H,33,36)(H,37,38)/t20-,23?/m0/s1. The molecule has 2 atom stereocenters.